The molecule has 1 N–H and O–H groups in total. The summed E-state index contributed by atoms with van der Waals surface area (Å²) in [5, 5.41) is 6.59. The quantitative estimate of drug-likeness (QED) is 0.666. The number of fused-ring (bicyclic) bond motifs is 1. The monoisotopic (exact) mass is 410 g/mol. The zero-order chi connectivity index (χ0) is 18.7. The molecule has 3 rings (SSSR count). The second-order valence-corrected chi connectivity index (χ2v) is 8.91. The Kier molecular flexibility index (Phi) is 6.62. The van der Waals surface area contributed by atoms with Gasteiger partial charge in [0.05, 0.1) is 12.6 Å². The minimum atomic E-state index is -0.144. The van der Waals surface area contributed by atoms with Crippen molar-refractivity contribution in [3.05, 3.63) is 55.7 Å². The van der Waals surface area contributed by atoms with Crippen LogP contribution in [-0.2, 0) is 11.2 Å². The summed E-state index contributed by atoms with van der Waals surface area (Å²) in [5.74, 6) is 0.739. The number of hydrogen-bond acceptors (Lipinski definition) is 3. The van der Waals surface area contributed by atoms with Crippen LogP contribution in [0.1, 0.15) is 42.3 Å². The zero-order valence-corrected chi connectivity index (χ0v) is 17.4. The second-order valence-electron chi connectivity index (χ2n) is 7.06. The second kappa shape index (κ2) is 8.75. The molecular formula is C20H24Cl2N2OS. The van der Waals surface area contributed by atoms with Gasteiger partial charge in [-0.25, -0.2) is 0 Å². The van der Waals surface area contributed by atoms with Gasteiger partial charge >= 0.3 is 0 Å². The Morgan fingerprint density at radius 3 is 2.85 bits per heavy atom. The van der Waals surface area contributed by atoms with Gasteiger partial charge in [-0.15, -0.1) is 11.3 Å². The summed E-state index contributed by atoms with van der Waals surface area (Å²) < 4.78 is 0. The maximum Gasteiger partial charge on any atom is 0.237 e. The van der Waals surface area contributed by atoms with Crippen molar-refractivity contribution >= 4 is 40.4 Å². The molecule has 0 saturated carbocycles. The molecule has 1 aliphatic heterocycles. The van der Waals surface area contributed by atoms with E-state index >= 15 is 0 Å². The first-order chi connectivity index (χ1) is 12.5. The Morgan fingerprint density at radius 1 is 1.31 bits per heavy atom. The van der Waals surface area contributed by atoms with E-state index in [-0.39, 0.29) is 11.9 Å². The van der Waals surface area contributed by atoms with Crippen LogP contribution in [0.15, 0.2) is 29.6 Å². The smallest absolute Gasteiger partial charge is 0.237 e. The molecule has 0 unspecified atom stereocenters. The van der Waals surface area contributed by atoms with Crippen molar-refractivity contribution < 1.29 is 4.79 Å². The number of nitrogens with zero attached hydrogens (tertiary/aromatic N) is 1. The maximum absolute atomic E-state index is 12.9. The van der Waals surface area contributed by atoms with Crippen LogP contribution in [0.25, 0.3) is 0 Å². The summed E-state index contributed by atoms with van der Waals surface area (Å²) in [7, 11) is 0. The molecule has 0 radical (unpaired) electrons. The number of hydrogen-bond donors (Lipinski definition) is 1. The number of carbonyl (C=O) groups is 1. The zero-order valence-electron chi connectivity index (χ0n) is 15.1. The lowest BCUT2D eigenvalue weighted by Gasteiger charge is -2.37. The van der Waals surface area contributed by atoms with Crippen LogP contribution in [0.5, 0.6) is 0 Å². The molecule has 2 aromatic rings. The molecule has 26 heavy (non-hydrogen) atoms. The first kappa shape index (κ1) is 19.7. The highest BCUT2D eigenvalue weighted by Gasteiger charge is 2.33. The summed E-state index contributed by atoms with van der Waals surface area (Å²) >= 11 is 14.3. The predicted octanol–water partition coefficient (Wildman–Crippen LogP) is 5.16. The molecule has 1 aromatic carbocycles. The summed E-state index contributed by atoms with van der Waals surface area (Å²) in [4.78, 5) is 16.2. The fourth-order valence-corrected chi connectivity index (χ4v) is 4.75. The van der Waals surface area contributed by atoms with E-state index in [1.54, 1.807) is 17.4 Å². The summed E-state index contributed by atoms with van der Waals surface area (Å²) in [5.41, 5.74) is 2.12. The average molecular weight is 411 g/mol. The van der Waals surface area contributed by atoms with Crippen LogP contribution in [-0.4, -0.2) is 30.4 Å². The van der Waals surface area contributed by atoms with Crippen molar-refractivity contribution in [3.8, 4) is 0 Å². The van der Waals surface area contributed by atoms with Crippen molar-refractivity contribution in [2.75, 3.05) is 19.6 Å². The number of benzene rings is 1. The highest BCUT2D eigenvalue weighted by Crippen LogP contribution is 2.40. The lowest BCUT2D eigenvalue weighted by Crippen LogP contribution is -2.44. The Morgan fingerprint density at radius 2 is 2.12 bits per heavy atom. The van der Waals surface area contributed by atoms with Gasteiger partial charge in [-0.05, 0) is 60.0 Å². The molecule has 6 heteroatoms. The van der Waals surface area contributed by atoms with Gasteiger partial charge in [0, 0.05) is 21.5 Å². The van der Waals surface area contributed by atoms with Crippen LogP contribution in [0.3, 0.4) is 0 Å². The van der Waals surface area contributed by atoms with Gasteiger partial charge in [0.2, 0.25) is 5.91 Å². The number of rotatable bonds is 6. The van der Waals surface area contributed by atoms with Crippen LogP contribution < -0.4 is 5.32 Å². The van der Waals surface area contributed by atoms with Gasteiger partial charge in [-0.2, -0.15) is 0 Å². The topological polar surface area (TPSA) is 32.3 Å². The molecule has 140 valence electrons. The Balaban J connectivity index is 1.83. The summed E-state index contributed by atoms with van der Waals surface area (Å²) in [6.07, 6.45) is 1.96. The Labute approximate surface area is 169 Å². The number of thiophene rings is 1. The van der Waals surface area contributed by atoms with E-state index in [0.717, 1.165) is 24.9 Å². The first-order valence-corrected chi connectivity index (χ1v) is 10.6. The molecule has 0 fully saturated rings. The van der Waals surface area contributed by atoms with E-state index in [1.165, 1.54) is 10.4 Å². The largest absolute Gasteiger partial charge is 0.330 e. The number of nitrogens with one attached hydrogen (secondary N) is 1. The third-order valence-corrected chi connectivity index (χ3v) is 6.28. The van der Waals surface area contributed by atoms with E-state index in [9.17, 15) is 4.79 Å². The Bertz CT molecular complexity index is 775. The Hall–Kier alpha value is -1.07. The number of carbonyl (C=O) groups excluding carboxylic acids is 1. The number of amides is 1. The van der Waals surface area contributed by atoms with Crippen LogP contribution in [0.2, 0.25) is 10.0 Å². The third-order valence-electron chi connectivity index (χ3n) is 4.72. The third kappa shape index (κ3) is 4.42. The van der Waals surface area contributed by atoms with Crippen LogP contribution in [0.4, 0.5) is 0 Å². The number of halogens is 2. The molecule has 0 aliphatic carbocycles. The fraction of sp³-hybridized carbons (Fsp3) is 0.450. The van der Waals surface area contributed by atoms with Gasteiger partial charge in [0.1, 0.15) is 0 Å². The molecule has 0 saturated heterocycles. The standard InChI is InChI=1S/C20H24Cl2N2OS/c1-13(2)5-8-23-12-19(25)24-9-6-18-16(7-10-26-18)20(24)15-4-3-14(21)11-17(15)22/h3-4,7,10-11,13,20,23H,5-6,8-9,12H2,1-2H3/t20-/m0/s1. The lowest BCUT2D eigenvalue weighted by atomic mass is 9.93. The molecule has 1 amide bonds. The maximum atomic E-state index is 12.9. The van der Waals surface area contributed by atoms with E-state index in [4.69, 9.17) is 23.2 Å². The highest BCUT2D eigenvalue weighted by molar-refractivity contribution is 7.10. The minimum Gasteiger partial charge on any atom is -0.330 e. The van der Waals surface area contributed by atoms with Gasteiger partial charge in [0.25, 0.3) is 0 Å². The molecule has 0 bridgehead atoms. The average Bonchev–Trinajstić information content (AvgIpc) is 3.06. The van der Waals surface area contributed by atoms with E-state index in [2.05, 4.69) is 30.6 Å². The van der Waals surface area contributed by atoms with Crippen molar-refractivity contribution in [1.82, 2.24) is 10.2 Å². The molecule has 0 spiro atoms. The van der Waals surface area contributed by atoms with E-state index in [1.807, 2.05) is 17.0 Å². The normalized spacial score (nSPS) is 16.8. The summed E-state index contributed by atoms with van der Waals surface area (Å²) in [6.45, 7) is 6.29. The molecule has 2 heterocycles. The van der Waals surface area contributed by atoms with Crippen LogP contribution in [0, 0.1) is 5.92 Å². The van der Waals surface area contributed by atoms with Gasteiger partial charge in [0.15, 0.2) is 0 Å². The molecular weight excluding hydrogens is 387 g/mol. The van der Waals surface area contributed by atoms with Gasteiger partial charge in [-0.3, -0.25) is 4.79 Å². The van der Waals surface area contributed by atoms with Crippen molar-refractivity contribution in [3.63, 3.8) is 0 Å². The predicted molar refractivity (Wildman–Crippen MR) is 110 cm³/mol. The molecule has 3 nitrogen and oxygen atoms in total. The van der Waals surface area contributed by atoms with Crippen molar-refractivity contribution in [2.24, 2.45) is 5.92 Å². The molecule has 1 aliphatic rings. The minimum absolute atomic E-state index is 0.113. The van der Waals surface area contributed by atoms with Gasteiger partial charge < -0.3 is 10.2 Å². The van der Waals surface area contributed by atoms with Crippen molar-refractivity contribution in [2.45, 2.75) is 32.7 Å². The van der Waals surface area contributed by atoms with Gasteiger partial charge in [-0.1, -0.05) is 43.1 Å². The molecule has 1 aromatic heterocycles. The van der Waals surface area contributed by atoms with E-state index < -0.39 is 0 Å². The SMILES string of the molecule is CC(C)CCNCC(=O)N1CCc2sccc2[C@@H]1c1ccc(Cl)cc1Cl. The molecule has 1 atom stereocenters. The van der Waals surface area contributed by atoms with E-state index in [0.29, 0.717) is 29.1 Å². The highest BCUT2D eigenvalue weighted by atomic mass is 35.5. The summed E-state index contributed by atoms with van der Waals surface area (Å²) in [6, 6.07) is 7.50. The lowest BCUT2D eigenvalue weighted by molar-refractivity contribution is -0.132. The van der Waals surface area contributed by atoms with Crippen molar-refractivity contribution in [1.29, 1.82) is 0 Å². The fourth-order valence-electron chi connectivity index (χ4n) is 3.33. The van der Waals surface area contributed by atoms with Crippen LogP contribution >= 0.6 is 34.5 Å². The first-order valence-electron chi connectivity index (χ1n) is 8.98.